The fraction of sp³-hybridized carbons (Fsp3) is 0.500. The van der Waals surface area contributed by atoms with Crippen LogP contribution in [0.3, 0.4) is 0 Å². The molecule has 0 aromatic carbocycles. The van der Waals surface area contributed by atoms with Gasteiger partial charge in [0.05, 0.1) is 12.4 Å². The van der Waals surface area contributed by atoms with Gasteiger partial charge < -0.3 is 9.84 Å². The largest absolute Gasteiger partial charge is 0.506 e. The van der Waals surface area contributed by atoms with Crippen LogP contribution in [0.15, 0.2) is 18.5 Å². The second-order valence-electron chi connectivity index (χ2n) is 3.61. The molecule has 4 nitrogen and oxygen atoms in total. The Labute approximate surface area is 107 Å². The van der Waals surface area contributed by atoms with E-state index in [2.05, 4.69) is 16.9 Å². The monoisotopic (exact) mass is 266 g/mol. The van der Waals surface area contributed by atoms with Gasteiger partial charge in [-0.2, -0.15) is 0 Å². The van der Waals surface area contributed by atoms with E-state index in [9.17, 15) is 0 Å². The molecule has 2 rings (SSSR count). The van der Waals surface area contributed by atoms with Crippen molar-refractivity contribution in [3.8, 4) is 11.5 Å². The van der Waals surface area contributed by atoms with Gasteiger partial charge in [0.2, 0.25) is 0 Å². The highest BCUT2D eigenvalue weighted by molar-refractivity contribution is 5.85. The second-order valence-corrected chi connectivity index (χ2v) is 3.61. The van der Waals surface area contributed by atoms with Gasteiger partial charge in [0.25, 0.3) is 0 Å². The maximum absolute atomic E-state index is 9.15. The van der Waals surface area contributed by atoms with E-state index in [4.69, 9.17) is 9.84 Å². The Balaban J connectivity index is 0.00000112. The van der Waals surface area contributed by atoms with Crippen LogP contribution in [-0.4, -0.2) is 41.2 Å². The number of rotatable bonds is 3. The highest BCUT2D eigenvalue weighted by atomic mass is 35.5. The highest BCUT2D eigenvalue weighted by Crippen LogP contribution is 2.19. The lowest BCUT2D eigenvalue weighted by atomic mass is 10.1. The minimum Gasteiger partial charge on any atom is -0.506 e. The molecule has 2 heterocycles. The van der Waals surface area contributed by atoms with Gasteiger partial charge in [-0.1, -0.05) is 0 Å². The Morgan fingerprint density at radius 1 is 1.50 bits per heavy atom. The summed E-state index contributed by atoms with van der Waals surface area (Å²) in [7, 11) is 2.08. The van der Waals surface area contributed by atoms with Crippen LogP contribution in [0.2, 0.25) is 0 Å². The highest BCUT2D eigenvalue weighted by Gasteiger charge is 2.24. The maximum atomic E-state index is 9.15. The van der Waals surface area contributed by atoms with Gasteiger partial charge in [0.15, 0.2) is 0 Å². The topological polar surface area (TPSA) is 45.6 Å². The average Bonchev–Trinajstić information content (AvgIpc) is 2.16. The molecule has 1 aliphatic rings. The molecule has 0 saturated carbocycles. The number of hydrogen-bond donors (Lipinski definition) is 1. The number of pyridine rings is 1. The van der Waals surface area contributed by atoms with Gasteiger partial charge in [0, 0.05) is 12.1 Å². The van der Waals surface area contributed by atoms with E-state index >= 15 is 0 Å². The smallest absolute Gasteiger partial charge is 0.141 e. The van der Waals surface area contributed by atoms with E-state index in [1.54, 1.807) is 12.3 Å². The van der Waals surface area contributed by atoms with Gasteiger partial charge in [-0.05, 0) is 20.0 Å². The SMILES string of the molecule is CN1CC[C@H]1COc1cncc(O)c1.Cl.Cl. The summed E-state index contributed by atoms with van der Waals surface area (Å²) < 4.78 is 5.50. The molecule has 0 amide bonds. The maximum Gasteiger partial charge on any atom is 0.141 e. The first kappa shape index (κ1) is 15.3. The summed E-state index contributed by atoms with van der Waals surface area (Å²) in [4.78, 5) is 6.08. The molecule has 92 valence electrons. The molecule has 0 spiro atoms. The summed E-state index contributed by atoms with van der Waals surface area (Å²) in [5, 5.41) is 9.15. The van der Waals surface area contributed by atoms with Crippen molar-refractivity contribution < 1.29 is 9.84 Å². The molecule has 1 N–H and O–H groups in total. The summed E-state index contributed by atoms with van der Waals surface area (Å²) in [6, 6.07) is 2.09. The minimum atomic E-state index is 0. The zero-order valence-electron chi connectivity index (χ0n) is 9.00. The Hall–Kier alpha value is -0.710. The molecule has 1 atom stereocenters. The third-order valence-corrected chi connectivity index (χ3v) is 2.58. The van der Waals surface area contributed by atoms with Crippen molar-refractivity contribution in [1.29, 1.82) is 0 Å². The lowest BCUT2D eigenvalue weighted by Gasteiger charge is -2.37. The summed E-state index contributed by atoms with van der Waals surface area (Å²) >= 11 is 0. The molecule has 0 unspecified atom stereocenters. The Morgan fingerprint density at radius 3 is 2.75 bits per heavy atom. The van der Waals surface area contributed by atoms with Crippen LogP contribution < -0.4 is 4.74 Å². The molecule has 1 aromatic heterocycles. The lowest BCUT2D eigenvalue weighted by molar-refractivity contribution is 0.0766. The summed E-state index contributed by atoms with van der Waals surface area (Å²) in [5.74, 6) is 0.773. The number of nitrogens with zero attached hydrogens (tertiary/aromatic N) is 2. The molecular formula is C10H16Cl2N2O2. The van der Waals surface area contributed by atoms with E-state index in [0.717, 1.165) is 6.54 Å². The third kappa shape index (κ3) is 3.70. The fourth-order valence-corrected chi connectivity index (χ4v) is 1.46. The van der Waals surface area contributed by atoms with Crippen molar-refractivity contribution in [1.82, 2.24) is 9.88 Å². The van der Waals surface area contributed by atoms with E-state index in [1.165, 1.54) is 12.6 Å². The zero-order valence-corrected chi connectivity index (χ0v) is 10.6. The lowest BCUT2D eigenvalue weighted by Crippen LogP contribution is -2.48. The number of halogens is 2. The molecule has 1 fully saturated rings. The first-order valence-corrected chi connectivity index (χ1v) is 4.73. The summed E-state index contributed by atoms with van der Waals surface area (Å²) in [6.45, 7) is 1.81. The number of hydrogen-bond acceptors (Lipinski definition) is 4. The first-order chi connectivity index (χ1) is 6.75. The molecule has 0 radical (unpaired) electrons. The van der Waals surface area contributed by atoms with Crippen molar-refractivity contribution in [3.05, 3.63) is 18.5 Å². The number of aromatic hydroxyl groups is 1. The van der Waals surface area contributed by atoms with Crippen molar-refractivity contribution in [3.63, 3.8) is 0 Å². The van der Waals surface area contributed by atoms with Crippen molar-refractivity contribution in [2.24, 2.45) is 0 Å². The van der Waals surface area contributed by atoms with E-state index in [1.807, 2.05) is 0 Å². The van der Waals surface area contributed by atoms with Crippen molar-refractivity contribution in [2.45, 2.75) is 12.5 Å². The van der Waals surface area contributed by atoms with E-state index in [0.29, 0.717) is 18.4 Å². The predicted molar refractivity (Wildman–Crippen MR) is 66.9 cm³/mol. The Kier molecular flexibility index (Phi) is 6.48. The third-order valence-electron chi connectivity index (χ3n) is 2.58. The number of likely N-dealkylation sites (N-methyl/N-ethyl adjacent to an activating group) is 1. The van der Waals surface area contributed by atoms with Gasteiger partial charge in [0.1, 0.15) is 18.1 Å². The number of ether oxygens (including phenoxy) is 1. The summed E-state index contributed by atoms with van der Waals surface area (Å²) in [5.41, 5.74) is 0. The van der Waals surface area contributed by atoms with E-state index in [-0.39, 0.29) is 30.6 Å². The van der Waals surface area contributed by atoms with Gasteiger partial charge in [-0.3, -0.25) is 9.88 Å². The molecule has 6 heteroatoms. The minimum absolute atomic E-state index is 0. The molecule has 1 saturated heterocycles. The molecule has 1 aliphatic heterocycles. The molecule has 0 aliphatic carbocycles. The zero-order chi connectivity index (χ0) is 9.97. The molecule has 1 aromatic rings. The van der Waals surface area contributed by atoms with Crippen LogP contribution in [0.5, 0.6) is 11.5 Å². The van der Waals surface area contributed by atoms with Gasteiger partial charge in [-0.25, -0.2) is 0 Å². The molecular weight excluding hydrogens is 251 g/mol. The van der Waals surface area contributed by atoms with Gasteiger partial charge >= 0.3 is 0 Å². The summed E-state index contributed by atoms with van der Waals surface area (Å²) in [6.07, 6.45) is 4.18. The fourth-order valence-electron chi connectivity index (χ4n) is 1.46. The van der Waals surface area contributed by atoms with Crippen LogP contribution in [0, 0.1) is 0 Å². The number of aromatic nitrogens is 1. The second kappa shape index (κ2) is 6.78. The van der Waals surface area contributed by atoms with Crippen molar-refractivity contribution >= 4 is 24.8 Å². The predicted octanol–water partition coefficient (Wildman–Crippen LogP) is 1.71. The standard InChI is InChI=1S/C10H14N2O2.2ClH/c1-12-3-2-8(12)7-14-10-4-9(13)5-11-6-10;;/h4-6,8,13H,2-3,7H2,1H3;2*1H/t8-;;/m0../s1. The van der Waals surface area contributed by atoms with Crippen LogP contribution in [0.1, 0.15) is 6.42 Å². The Morgan fingerprint density at radius 2 is 2.25 bits per heavy atom. The van der Waals surface area contributed by atoms with Crippen LogP contribution in [0.25, 0.3) is 0 Å². The Bertz CT molecular complexity index is 325. The normalized spacial score (nSPS) is 18.9. The van der Waals surface area contributed by atoms with E-state index < -0.39 is 0 Å². The quantitative estimate of drug-likeness (QED) is 0.905. The van der Waals surface area contributed by atoms with Crippen molar-refractivity contribution in [2.75, 3.05) is 20.2 Å². The molecule has 16 heavy (non-hydrogen) atoms. The average molecular weight is 267 g/mol. The first-order valence-electron chi connectivity index (χ1n) is 4.73. The number of likely N-dealkylation sites (tertiary alicyclic amines) is 1. The van der Waals surface area contributed by atoms with Crippen LogP contribution >= 0.6 is 24.8 Å². The van der Waals surface area contributed by atoms with Gasteiger partial charge in [-0.15, -0.1) is 24.8 Å². The molecule has 0 bridgehead atoms. The van der Waals surface area contributed by atoms with Crippen LogP contribution in [-0.2, 0) is 0 Å². The van der Waals surface area contributed by atoms with Crippen LogP contribution in [0.4, 0.5) is 0 Å².